The van der Waals surface area contributed by atoms with E-state index in [1.54, 1.807) is 0 Å². The van der Waals surface area contributed by atoms with Gasteiger partial charge in [0.1, 0.15) is 5.84 Å². The van der Waals surface area contributed by atoms with Crippen molar-refractivity contribution < 1.29 is 0 Å². The zero-order valence-corrected chi connectivity index (χ0v) is 11.0. The third-order valence-electron chi connectivity index (χ3n) is 2.91. The van der Waals surface area contributed by atoms with E-state index in [1.165, 1.54) is 0 Å². The predicted octanol–water partition coefficient (Wildman–Crippen LogP) is 1.61. The highest BCUT2D eigenvalue weighted by Gasteiger charge is 2.16. The van der Waals surface area contributed by atoms with Gasteiger partial charge in [-0.2, -0.15) is 5.10 Å². The SMILES string of the molecule is CCCCN(C)c1nnc(C)c(C)c1C(=N)N. The summed E-state index contributed by atoms with van der Waals surface area (Å²) in [4.78, 5) is 2.01. The zero-order chi connectivity index (χ0) is 13.0. The average Bonchev–Trinajstić information content (AvgIpc) is 2.28. The third-order valence-corrected chi connectivity index (χ3v) is 2.91. The molecule has 0 saturated heterocycles. The van der Waals surface area contributed by atoms with Crippen LogP contribution < -0.4 is 10.6 Å². The molecule has 0 aliphatic carbocycles. The Bertz CT molecular complexity index is 414. The number of anilines is 1. The van der Waals surface area contributed by atoms with Crippen LogP contribution >= 0.6 is 0 Å². The Morgan fingerprint density at radius 2 is 2.00 bits per heavy atom. The summed E-state index contributed by atoms with van der Waals surface area (Å²) in [6, 6.07) is 0. The molecule has 0 spiro atoms. The lowest BCUT2D eigenvalue weighted by Gasteiger charge is -2.21. The van der Waals surface area contributed by atoms with Crippen LogP contribution in [0.25, 0.3) is 0 Å². The maximum atomic E-state index is 7.67. The summed E-state index contributed by atoms with van der Waals surface area (Å²) >= 11 is 0. The average molecular weight is 235 g/mol. The quantitative estimate of drug-likeness (QED) is 0.600. The van der Waals surface area contributed by atoms with Crippen molar-refractivity contribution >= 4 is 11.7 Å². The molecule has 0 amide bonds. The van der Waals surface area contributed by atoms with Crippen molar-refractivity contribution in [3.05, 3.63) is 16.8 Å². The van der Waals surface area contributed by atoms with Crippen LogP contribution in [-0.2, 0) is 0 Å². The second-order valence-corrected chi connectivity index (χ2v) is 4.30. The fourth-order valence-electron chi connectivity index (χ4n) is 1.69. The van der Waals surface area contributed by atoms with E-state index >= 15 is 0 Å². The van der Waals surface area contributed by atoms with Gasteiger partial charge in [0.05, 0.1) is 11.3 Å². The van der Waals surface area contributed by atoms with Crippen molar-refractivity contribution in [1.29, 1.82) is 5.41 Å². The zero-order valence-electron chi connectivity index (χ0n) is 11.0. The maximum Gasteiger partial charge on any atom is 0.162 e. The molecule has 94 valence electrons. The normalized spacial score (nSPS) is 10.4. The number of nitrogen functional groups attached to an aromatic ring is 1. The van der Waals surface area contributed by atoms with Crippen LogP contribution in [0.4, 0.5) is 5.82 Å². The van der Waals surface area contributed by atoms with Gasteiger partial charge in [-0.25, -0.2) is 0 Å². The van der Waals surface area contributed by atoms with Crippen LogP contribution in [0.3, 0.4) is 0 Å². The molecular weight excluding hydrogens is 214 g/mol. The number of aryl methyl sites for hydroxylation is 1. The van der Waals surface area contributed by atoms with E-state index < -0.39 is 0 Å². The number of amidine groups is 1. The molecule has 17 heavy (non-hydrogen) atoms. The van der Waals surface area contributed by atoms with Gasteiger partial charge in [0.2, 0.25) is 0 Å². The fourth-order valence-corrected chi connectivity index (χ4v) is 1.69. The Labute approximate surface area is 103 Å². The Morgan fingerprint density at radius 3 is 2.53 bits per heavy atom. The number of nitrogens with two attached hydrogens (primary N) is 1. The van der Waals surface area contributed by atoms with Crippen LogP contribution in [0.15, 0.2) is 0 Å². The lowest BCUT2D eigenvalue weighted by molar-refractivity contribution is 0.749. The summed E-state index contributed by atoms with van der Waals surface area (Å²) < 4.78 is 0. The third kappa shape index (κ3) is 2.93. The number of rotatable bonds is 5. The summed E-state index contributed by atoms with van der Waals surface area (Å²) in [5.41, 5.74) is 8.10. The first-order valence-corrected chi connectivity index (χ1v) is 5.88. The van der Waals surface area contributed by atoms with Crippen LogP contribution in [0.5, 0.6) is 0 Å². The topological polar surface area (TPSA) is 78.9 Å². The van der Waals surface area contributed by atoms with Gasteiger partial charge in [-0.1, -0.05) is 13.3 Å². The van der Waals surface area contributed by atoms with Gasteiger partial charge in [0.15, 0.2) is 5.82 Å². The molecule has 0 aromatic carbocycles. The number of unbranched alkanes of at least 4 members (excludes halogenated alkanes) is 1. The molecule has 0 aliphatic heterocycles. The molecule has 0 bridgehead atoms. The van der Waals surface area contributed by atoms with E-state index in [2.05, 4.69) is 17.1 Å². The van der Waals surface area contributed by atoms with Gasteiger partial charge in [0.25, 0.3) is 0 Å². The number of nitrogens with one attached hydrogen (secondary N) is 1. The Kier molecular flexibility index (Phi) is 4.43. The molecule has 1 aromatic heterocycles. The lowest BCUT2D eigenvalue weighted by atomic mass is 10.1. The van der Waals surface area contributed by atoms with Gasteiger partial charge < -0.3 is 10.6 Å². The molecule has 0 unspecified atom stereocenters. The molecule has 0 aliphatic rings. The highest BCUT2D eigenvalue weighted by Crippen LogP contribution is 2.20. The van der Waals surface area contributed by atoms with E-state index in [-0.39, 0.29) is 5.84 Å². The lowest BCUT2D eigenvalue weighted by Crippen LogP contribution is -2.26. The standard InChI is InChI=1S/C12H21N5/c1-5-6-7-17(4)12-10(11(13)14)8(2)9(3)15-16-12/h5-7H2,1-4H3,(H3,13,14). The molecule has 0 radical (unpaired) electrons. The molecule has 1 aromatic rings. The minimum absolute atomic E-state index is 0.0545. The summed E-state index contributed by atoms with van der Waals surface area (Å²) in [6.45, 7) is 6.85. The molecule has 5 nitrogen and oxygen atoms in total. The van der Waals surface area contributed by atoms with Crippen molar-refractivity contribution in [3.63, 3.8) is 0 Å². The van der Waals surface area contributed by atoms with Crippen LogP contribution in [0.1, 0.15) is 36.6 Å². The molecule has 0 fully saturated rings. The second-order valence-electron chi connectivity index (χ2n) is 4.30. The first-order chi connectivity index (χ1) is 7.99. The van der Waals surface area contributed by atoms with Crippen molar-refractivity contribution in [3.8, 4) is 0 Å². The van der Waals surface area contributed by atoms with E-state index in [4.69, 9.17) is 11.1 Å². The van der Waals surface area contributed by atoms with Crippen molar-refractivity contribution in [1.82, 2.24) is 10.2 Å². The largest absolute Gasteiger partial charge is 0.384 e. The summed E-state index contributed by atoms with van der Waals surface area (Å²) in [7, 11) is 1.96. The Balaban J connectivity index is 3.15. The van der Waals surface area contributed by atoms with Crippen LogP contribution in [-0.4, -0.2) is 29.6 Å². The minimum Gasteiger partial charge on any atom is -0.384 e. The first-order valence-electron chi connectivity index (χ1n) is 5.88. The highest BCUT2D eigenvalue weighted by molar-refractivity contribution is 6.01. The number of hydrogen-bond donors (Lipinski definition) is 2. The first kappa shape index (κ1) is 13.4. The predicted molar refractivity (Wildman–Crippen MR) is 70.7 cm³/mol. The van der Waals surface area contributed by atoms with E-state index in [1.807, 2.05) is 25.8 Å². The van der Waals surface area contributed by atoms with Gasteiger partial charge in [0, 0.05) is 13.6 Å². The van der Waals surface area contributed by atoms with Crippen molar-refractivity contribution in [2.45, 2.75) is 33.6 Å². The van der Waals surface area contributed by atoms with E-state index in [0.717, 1.165) is 30.6 Å². The van der Waals surface area contributed by atoms with Crippen LogP contribution in [0.2, 0.25) is 0 Å². The van der Waals surface area contributed by atoms with Crippen molar-refractivity contribution in [2.24, 2.45) is 5.73 Å². The van der Waals surface area contributed by atoms with Gasteiger partial charge in [-0.05, 0) is 25.8 Å². The van der Waals surface area contributed by atoms with Gasteiger partial charge in [-0.3, -0.25) is 5.41 Å². The van der Waals surface area contributed by atoms with Crippen LogP contribution in [0, 0.1) is 19.3 Å². The van der Waals surface area contributed by atoms with Gasteiger partial charge in [-0.15, -0.1) is 5.10 Å². The molecule has 3 N–H and O–H groups in total. The number of aromatic nitrogens is 2. The van der Waals surface area contributed by atoms with Gasteiger partial charge >= 0.3 is 0 Å². The van der Waals surface area contributed by atoms with Crippen molar-refractivity contribution in [2.75, 3.05) is 18.5 Å². The Hall–Kier alpha value is -1.65. The summed E-state index contributed by atoms with van der Waals surface area (Å²) in [5, 5.41) is 15.9. The summed E-state index contributed by atoms with van der Waals surface area (Å²) in [5.74, 6) is 0.757. The fraction of sp³-hybridized carbons (Fsp3) is 0.583. The summed E-state index contributed by atoms with van der Waals surface area (Å²) in [6.07, 6.45) is 2.21. The maximum absolute atomic E-state index is 7.67. The number of hydrogen-bond acceptors (Lipinski definition) is 4. The highest BCUT2D eigenvalue weighted by atomic mass is 15.2. The Morgan fingerprint density at radius 1 is 1.35 bits per heavy atom. The molecule has 0 saturated carbocycles. The molecule has 1 heterocycles. The second kappa shape index (κ2) is 5.61. The van der Waals surface area contributed by atoms with E-state index in [0.29, 0.717) is 11.4 Å². The smallest absolute Gasteiger partial charge is 0.162 e. The minimum atomic E-state index is 0.0545. The number of nitrogens with zero attached hydrogens (tertiary/aromatic N) is 3. The monoisotopic (exact) mass is 235 g/mol. The molecule has 0 atom stereocenters. The van der Waals surface area contributed by atoms with E-state index in [9.17, 15) is 0 Å². The molecule has 1 rings (SSSR count). The molecule has 5 heteroatoms. The molecular formula is C12H21N5.